The second kappa shape index (κ2) is 9.22. The Morgan fingerprint density at radius 2 is 1.92 bits per heavy atom. The highest BCUT2D eigenvalue weighted by Crippen LogP contribution is 2.35. The molecule has 2 unspecified atom stereocenters. The lowest BCUT2D eigenvalue weighted by Crippen LogP contribution is -2.35. The Kier molecular flexibility index (Phi) is 7.92. The van der Waals surface area contributed by atoms with E-state index in [4.69, 9.17) is 5.73 Å². The normalized spacial score (nSPS) is 19.2. The van der Waals surface area contributed by atoms with E-state index in [1.54, 1.807) is 0 Å². The first kappa shape index (κ1) is 21.5. The highest BCUT2D eigenvalue weighted by atomic mass is 32.1. The number of primary amides is 1. The van der Waals surface area contributed by atoms with Gasteiger partial charge < -0.3 is 11.1 Å². The number of carbonyl (C=O) groups excluding carboxylic acids is 4. The molecule has 25 heavy (non-hydrogen) atoms. The van der Waals surface area contributed by atoms with Crippen molar-refractivity contribution in [2.24, 2.45) is 17.1 Å². The molecule has 1 aliphatic heterocycles. The van der Waals surface area contributed by atoms with Gasteiger partial charge in [-0.25, -0.2) is 0 Å². The van der Waals surface area contributed by atoms with E-state index in [-0.39, 0.29) is 41.9 Å². The minimum atomic E-state index is -0.570. The van der Waals surface area contributed by atoms with Gasteiger partial charge >= 0.3 is 0 Å². The maximum Gasteiger partial charge on any atom is 0.233 e. The Balaban J connectivity index is 2.25. The summed E-state index contributed by atoms with van der Waals surface area (Å²) in [6.45, 7) is 6.32. The van der Waals surface area contributed by atoms with Crippen LogP contribution in [0.3, 0.4) is 0 Å². The van der Waals surface area contributed by atoms with Crippen LogP contribution in [0.5, 0.6) is 0 Å². The number of nitrogens with one attached hydrogen (secondary N) is 1. The average Bonchev–Trinajstić information content (AvgIpc) is 2.73. The van der Waals surface area contributed by atoms with E-state index in [0.717, 1.165) is 6.42 Å². The monoisotopic (exact) mass is 371 g/mol. The van der Waals surface area contributed by atoms with Crippen molar-refractivity contribution in [3.8, 4) is 0 Å². The quantitative estimate of drug-likeness (QED) is 0.245. The van der Waals surface area contributed by atoms with Crippen molar-refractivity contribution < 1.29 is 19.2 Å². The second-order valence-corrected chi connectivity index (χ2v) is 8.19. The number of nitrogens with zero attached hydrogens (tertiary/aromatic N) is 1. The third-order valence-corrected chi connectivity index (χ3v) is 4.61. The van der Waals surface area contributed by atoms with Gasteiger partial charge in [0.2, 0.25) is 23.6 Å². The van der Waals surface area contributed by atoms with Gasteiger partial charge in [0.1, 0.15) is 0 Å². The first-order chi connectivity index (χ1) is 11.5. The van der Waals surface area contributed by atoms with Crippen molar-refractivity contribution in [3.63, 3.8) is 0 Å². The molecule has 2 atom stereocenters. The smallest absolute Gasteiger partial charge is 0.233 e. The van der Waals surface area contributed by atoms with E-state index in [2.05, 4.69) is 17.9 Å². The van der Waals surface area contributed by atoms with Gasteiger partial charge in [0.25, 0.3) is 0 Å². The van der Waals surface area contributed by atoms with Crippen LogP contribution in [0.25, 0.3) is 0 Å². The largest absolute Gasteiger partial charge is 0.370 e. The number of unbranched alkanes of at least 4 members (excludes halogenated alkanes) is 2. The van der Waals surface area contributed by atoms with E-state index in [9.17, 15) is 19.2 Å². The Morgan fingerprint density at radius 1 is 1.28 bits per heavy atom. The summed E-state index contributed by atoms with van der Waals surface area (Å²) in [4.78, 5) is 48.1. The van der Waals surface area contributed by atoms with Gasteiger partial charge in [-0.05, 0) is 18.3 Å². The molecule has 8 heteroatoms. The molecule has 4 amide bonds. The van der Waals surface area contributed by atoms with Crippen LogP contribution in [0, 0.1) is 11.3 Å². The van der Waals surface area contributed by atoms with Gasteiger partial charge in [0.05, 0.1) is 17.7 Å². The van der Waals surface area contributed by atoms with E-state index in [0.29, 0.717) is 25.8 Å². The fourth-order valence-electron chi connectivity index (χ4n) is 2.83. The predicted molar refractivity (Wildman–Crippen MR) is 97.5 cm³/mol. The SMILES string of the molecule is CC(C)(C)C1CC(=O)N(CCCCCC(=O)NC(S)CC(N)=O)C1=O. The molecule has 1 rings (SSSR count). The van der Waals surface area contributed by atoms with Crippen molar-refractivity contribution in [2.45, 2.75) is 64.7 Å². The molecule has 7 nitrogen and oxygen atoms in total. The minimum absolute atomic E-state index is 0.0109. The van der Waals surface area contributed by atoms with Gasteiger partial charge in [-0.2, -0.15) is 12.6 Å². The van der Waals surface area contributed by atoms with Gasteiger partial charge in [-0.3, -0.25) is 24.1 Å². The maximum absolute atomic E-state index is 12.3. The lowest BCUT2D eigenvalue weighted by molar-refractivity contribution is -0.140. The molecule has 3 N–H and O–H groups in total. The highest BCUT2D eigenvalue weighted by molar-refractivity contribution is 7.80. The molecule has 0 spiro atoms. The molecule has 0 aliphatic carbocycles. The lowest BCUT2D eigenvalue weighted by Gasteiger charge is -2.24. The maximum atomic E-state index is 12.3. The molecule has 0 radical (unpaired) electrons. The van der Waals surface area contributed by atoms with Crippen molar-refractivity contribution >= 4 is 36.3 Å². The van der Waals surface area contributed by atoms with Gasteiger partial charge in [0.15, 0.2) is 0 Å². The van der Waals surface area contributed by atoms with Crippen molar-refractivity contribution in [1.29, 1.82) is 0 Å². The number of thiol groups is 1. The Labute approximate surface area is 154 Å². The number of nitrogens with two attached hydrogens (primary N) is 1. The summed E-state index contributed by atoms with van der Waals surface area (Å²) in [6.07, 6.45) is 2.63. The summed E-state index contributed by atoms with van der Waals surface area (Å²) in [7, 11) is 0. The van der Waals surface area contributed by atoms with Crippen LogP contribution in [0.2, 0.25) is 0 Å². The molecule has 0 aromatic rings. The van der Waals surface area contributed by atoms with Crippen LogP contribution < -0.4 is 11.1 Å². The zero-order valence-corrected chi connectivity index (χ0v) is 16.1. The molecule has 1 fully saturated rings. The van der Waals surface area contributed by atoms with Crippen LogP contribution in [-0.2, 0) is 19.2 Å². The highest BCUT2D eigenvalue weighted by Gasteiger charge is 2.44. The zero-order valence-electron chi connectivity index (χ0n) is 15.2. The Hall–Kier alpha value is -1.57. The van der Waals surface area contributed by atoms with Crippen molar-refractivity contribution in [3.05, 3.63) is 0 Å². The number of hydrogen-bond donors (Lipinski definition) is 3. The molecular formula is C17H29N3O4S. The molecule has 0 aromatic heterocycles. The number of carbonyl (C=O) groups is 4. The van der Waals surface area contributed by atoms with Gasteiger partial charge in [-0.15, -0.1) is 0 Å². The van der Waals surface area contributed by atoms with Crippen LogP contribution in [-0.4, -0.2) is 40.4 Å². The average molecular weight is 372 g/mol. The summed E-state index contributed by atoms with van der Waals surface area (Å²) in [6, 6.07) is 0. The van der Waals surface area contributed by atoms with E-state index < -0.39 is 11.3 Å². The Bertz CT molecular complexity index is 530. The van der Waals surface area contributed by atoms with Crippen molar-refractivity contribution in [1.82, 2.24) is 10.2 Å². The number of rotatable bonds is 9. The molecule has 1 aliphatic rings. The van der Waals surface area contributed by atoms with E-state index >= 15 is 0 Å². The minimum Gasteiger partial charge on any atom is -0.370 e. The summed E-state index contributed by atoms with van der Waals surface area (Å²) >= 11 is 4.07. The molecule has 0 bridgehead atoms. The molecule has 142 valence electrons. The fraction of sp³-hybridized carbons (Fsp3) is 0.765. The molecule has 1 heterocycles. The molecule has 0 saturated carbocycles. The third kappa shape index (κ3) is 7.05. The summed E-state index contributed by atoms with van der Waals surface area (Å²) < 4.78 is 0. The van der Waals surface area contributed by atoms with Crippen molar-refractivity contribution in [2.75, 3.05) is 6.54 Å². The standard InChI is InChI=1S/C17H29N3O4S/c1-17(2,3)11-9-15(23)20(16(11)24)8-6-4-5-7-13(22)19-14(25)10-12(18)21/h11,14,25H,4-10H2,1-3H3,(H2,18,21)(H,19,22). The van der Waals surface area contributed by atoms with Crippen LogP contribution >= 0.6 is 12.6 Å². The van der Waals surface area contributed by atoms with Gasteiger partial charge in [0, 0.05) is 19.4 Å². The van der Waals surface area contributed by atoms with Gasteiger partial charge in [-0.1, -0.05) is 27.2 Å². The molecule has 0 aromatic carbocycles. The fourth-order valence-corrected chi connectivity index (χ4v) is 3.15. The van der Waals surface area contributed by atoms with Crippen LogP contribution in [0.1, 0.15) is 59.3 Å². The topological polar surface area (TPSA) is 110 Å². The summed E-state index contributed by atoms with van der Waals surface area (Å²) in [5.74, 6) is -1.15. The molecular weight excluding hydrogens is 342 g/mol. The lowest BCUT2D eigenvalue weighted by atomic mass is 9.80. The summed E-state index contributed by atoms with van der Waals surface area (Å²) in [5.41, 5.74) is 4.81. The number of hydrogen-bond acceptors (Lipinski definition) is 5. The zero-order chi connectivity index (χ0) is 19.2. The Morgan fingerprint density at radius 3 is 2.44 bits per heavy atom. The number of likely N-dealkylation sites (tertiary alicyclic amines) is 1. The van der Waals surface area contributed by atoms with Crippen LogP contribution in [0.4, 0.5) is 0 Å². The van der Waals surface area contributed by atoms with E-state index in [1.165, 1.54) is 4.90 Å². The third-order valence-electron chi connectivity index (χ3n) is 4.30. The first-order valence-electron chi connectivity index (χ1n) is 8.62. The number of imide groups is 1. The van der Waals surface area contributed by atoms with E-state index in [1.807, 2.05) is 20.8 Å². The predicted octanol–water partition coefficient (Wildman–Crippen LogP) is 1.22. The first-order valence-corrected chi connectivity index (χ1v) is 9.14. The summed E-state index contributed by atoms with van der Waals surface area (Å²) in [5, 5.41) is 2.02. The second-order valence-electron chi connectivity index (χ2n) is 7.57. The van der Waals surface area contributed by atoms with Crippen LogP contribution in [0.15, 0.2) is 0 Å². The number of amides is 4. The molecule has 1 saturated heterocycles.